The van der Waals surface area contributed by atoms with Gasteiger partial charge in [-0.3, -0.25) is 4.79 Å². The molecule has 0 saturated carbocycles. The molecular weight excluding hydrogens is 356 g/mol. The lowest BCUT2D eigenvalue weighted by molar-refractivity contribution is -0.912. The number of hydrogen-bond acceptors (Lipinski definition) is 4. The Morgan fingerprint density at radius 3 is 2.36 bits per heavy atom. The molecule has 2 heterocycles. The van der Waals surface area contributed by atoms with E-state index < -0.39 is 0 Å². The Morgan fingerprint density at radius 1 is 1.14 bits per heavy atom. The Morgan fingerprint density at radius 2 is 1.82 bits per heavy atom. The fourth-order valence-corrected chi connectivity index (χ4v) is 4.42. The fourth-order valence-electron chi connectivity index (χ4n) is 4.42. The molecule has 28 heavy (non-hydrogen) atoms. The topological polar surface area (TPSA) is 52.4 Å². The van der Waals surface area contributed by atoms with Gasteiger partial charge in [-0.15, -0.1) is 0 Å². The first-order chi connectivity index (χ1) is 13.5. The molecule has 1 fully saturated rings. The van der Waals surface area contributed by atoms with Crippen LogP contribution in [-0.2, 0) is 0 Å². The minimum Gasteiger partial charge on any atom is -0.493 e. The van der Waals surface area contributed by atoms with Gasteiger partial charge in [-0.05, 0) is 24.6 Å². The van der Waals surface area contributed by atoms with E-state index in [1.807, 2.05) is 4.90 Å². The van der Waals surface area contributed by atoms with Crippen LogP contribution in [-0.4, -0.2) is 57.8 Å². The van der Waals surface area contributed by atoms with Gasteiger partial charge in [-0.1, -0.05) is 13.3 Å². The third-order valence-electron chi connectivity index (χ3n) is 6.14. The van der Waals surface area contributed by atoms with Crippen LogP contribution in [0.5, 0.6) is 17.2 Å². The third kappa shape index (κ3) is 3.83. The van der Waals surface area contributed by atoms with Gasteiger partial charge in [0.25, 0.3) is 5.91 Å². The summed E-state index contributed by atoms with van der Waals surface area (Å²) >= 11 is 0. The van der Waals surface area contributed by atoms with Crippen LogP contribution >= 0.6 is 0 Å². The van der Waals surface area contributed by atoms with Gasteiger partial charge < -0.3 is 24.0 Å². The minimum absolute atomic E-state index is 0.00194. The number of carbonyl (C=O) groups excluding carboxylic acids is 1. The molecule has 0 spiro atoms. The predicted molar refractivity (Wildman–Crippen MR) is 108 cm³/mol. The largest absolute Gasteiger partial charge is 0.493 e. The Hall–Kier alpha value is -2.21. The molecule has 1 saturated heterocycles. The lowest BCUT2D eigenvalue weighted by atomic mass is 10.0. The maximum absolute atomic E-state index is 13.5. The van der Waals surface area contributed by atoms with Crippen LogP contribution in [0.3, 0.4) is 0 Å². The summed E-state index contributed by atoms with van der Waals surface area (Å²) in [4.78, 5) is 17.1. The maximum Gasteiger partial charge on any atom is 0.258 e. The second-order valence-corrected chi connectivity index (χ2v) is 7.71. The van der Waals surface area contributed by atoms with Crippen molar-refractivity contribution >= 4 is 5.91 Å². The van der Waals surface area contributed by atoms with Gasteiger partial charge in [0.15, 0.2) is 11.5 Å². The zero-order valence-electron chi connectivity index (χ0n) is 17.7. The first-order valence-electron chi connectivity index (χ1n) is 10.2. The molecule has 6 nitrogen and oxygen atoms in total. The number of ether oxygens (including phenoxy) is 3. The molecule has 0 aromatic heterocycles. The highest BCUT2D eigenvalue weighted by atomic mass is 16.5. The van der Waals surface area contributed by atoms with Crippen LogP contribution in [0.4, 0.5) is 0 Å². The summed E-state index contributed by atoms with van der Waals surface area (Å²) < 4.78 is 16.3. The first kappa shape index (κ1) is 20.5. The van der Waals surface area contributed by atoms with Gasteiger partial charge in [0.05, 0.1) is 34.4 Å². The van der Waals surface area contributed by atoms with E-state index in [4.69, 9.17) is 14.2 Å². The molecule has 2 aliphatic heterocycles. The fraction of sp³-hybridized carbons (Fsp3) is 0.591. The second kappa shape index (κ2) is 8.86. The van der Waals surface area contributed by atoms with Crippen LogP contribution < -0.4 is 19.1 Å². The van der Waals surface area contributed by atoms with Gasteiger partial charge in [-0.2, -0.15) is 0 Å². The van der Waals surface area contributed by atoms with Crippen LogP contribution in [0, 0.1) is 0 Å². The van der Waals surface area contributed by atoms with Crippen LogP contribution in [0.25, 0.3) is 0 Å². The van der Waals surface area contributed by atoms with Crippen molar-refractivity contribution in [3.63, 3.8) is 0 Å². The number of nitrogens with zero attached hydrogens (tertiary/aromatic N) is 1. The van der Waals surface area contributed by atoms with E-state index in [0.29, 0.717) is 34.9 Å². The molecule has 1 unspecified atom stereocenters. The maximum atomic E-state index is 13.5. The van der Waals surface area contributed by atoms with Crippen molar-refractivity contribution in [2.45, 2.75) is 51.1 Å². The lowest BCUT2D eigenvalue weighted by Crippen LogP contribution is -3.14. The summed E-state index contributed by atoms with van der Waals surface area (Å²) in [6.45, 7) is 2.88. The number of carbonyl (C=O) groups is 1. The van der Waals surface area contributed by atoms with Crippen molar-refractivity contribution in [3.05, 3.63) is 29.5 Å². The Balaban J connectivity index is 1.95. The molecule has 0 radical (unpaired) electrons. The van der Waals surface area contributed by atoms with E-state index in [1.54, 1.807) is 38.4 Å². The summed E-state index contributed by atoms with van der Waals surface area (Å²) in [5.41, 5.74) is 1.73. The van der Waals surface area contributed by atoms with Gasteiger partial charge >= 0.3 is 0 Å². The van der Waals surface area contributed by atoms with E-state index >= 15 is 0 Å². The number of nitrogens with one attached hydrogen (secondary N) is 1. The number of unbranched alkanes of at least 4 members (excludes halogenated alkanes) is 1. The van der Waals surface area contributed by atoms with Gasteiger partial charge in [-0.25, -0.2) is 0 Å². The number of likely N-dealkylation sites (N-methyl/N-ethyl adjacent to an activating group) is 1. The van der Waals surface area contributed by atoms with Crippen LogP contribution in [0.1, 0.15) is 49.4 Å². The Labute approximate surface area is 168 Å². The van der Waals surface area contributed by atoms with E-state index in [2.05, 4.69) is 20.0 Å². The number of hydrogen-bond donors (Lipinski definition) is 1. The van der Waals surface area contributed by atoms with E-state index in [9.17, 15) is 4.79 Å². The van der Waals surface area contributed by atoms with E-state index in [1.165, 1.54) is 18.5 Å². The summed E-state index contributed by atoms with van der Waals surface area (Å²) in [7, 11) is 6.98. The highest BCUT2D eigenvalue weighted by molar-refractivity contribution is 5.96. The summed E-state index contributed by atoms with van der Waals surface area (Å²) in [5, 5.41) is 0. The summed E-state index contributed by atoms with van der Waals surface area (Å²) in [6, 6.07) is 4.63. The van der Waals surface area contributed by atoms with Crippen molar-refractivity contribution in [2.24, 2.45) is 0 Å². The molecule has 3 atom stereocenters. The van der Waals surface area contributed by atoms with Crippen LogP contribution in [0.2, 0.25) is 0 Å². The quantitative estimate of drug-likeness (QED) is 0.741. The van der Waals surface area contributed by atoms with Gasteiger partial charge in [0.2, 0.25) is 5.75 Å². The van der Waals surface area contributed by atoms with Crippen molar-refractivity contribution < 1.29 is 23.9 Å². The molecule has 1 N–H and O–H groups in total. The van der Waals surface area contributed by atoms with E-state index in [0.717, 1.165) is 25.8 Å². The number of amides is 1. The van der Waals surface area contributed by atoms with Gasteiger partial charge in [0, 0.05) is 37.1 Å². The number of quaternary nitrogens is 1. The Bertz CT molecular complexity index is 721. The van der Waals surface area contributed by atoms with E-state index in [-0.39, 0.29) is 5.91 Å². The van der Waals surface area contributed by atoms with Gasteiger partial charge in [0.1, 0.15) is 6.04 Å². The minimum atomic E-state index is -0.00194. The molecule has 154 valence electrons. The molecule has 6 heteroatoms. The zero-order chi connectivity index (χ0) is 20.3. The molecule has 1 amide bonds. The molecule has 0 aliphatic carbocycles. The smallest absolute Gasteiger partial charge is 0.258 e. The molecule has 1 aromatic carbocycles. The number of benzene rings is 1. The molecular formula is C22H33N2O4+. The number of fused-ring (bicyclic) bond motifs is 2. The lowest BCUT2D eigenvalue weighted by Gasteiger charge is -2.33. The highest BCUT2D eigenvalue weighted by Gasteiger charge is 2.40. The predicted octanol–water partition coefficient (Wildman–Crippen LogP) is 2.29. The van der Waals surface area contributed by atoms with Crippen molar-refractivity contribution in [1.29, 1.82) is 0 Å². The first-order valence-corrected chi connectivity index (χ1v) is 10.2. The average molecular weight is 390 g/mol. The molecule has 3 rings (SSSR count). The standard InChI is InChI=1S/C22H32N2O4/c1-6-7-10-24(18-13-16-8-9-17(14-18)23(16)2)22(25)15-11-19(26-3)21(28-5)20(12-15)27-4/h11-13,16-17H,6-10,14H2,1-5H3/p+1/t16-,17-/m1/s1. The van der Waals surface area contributed by atoms with Crippen molar-refractivity contribution in [2.75, 3.05) is 34.9 Å². The highest BCUT2D eigenvalue weighted by Crippen LogP contribution is 2.39. The summed E-state index contributed by atoms with van der Waals surface area (Å²) in [5.74, 6) is 1.50. The molecule has 2 aliphatic rings. The Kier molecular flexibility index (Phi) is 6.50. The average Bonchev–Trinajstić information content (AvgIpc) is 2.93. The zero-order valence-corrected chi connectivity index (χ0v) is 17.7. The normalized spacial score (nSPS) is 23.2. The number of rotatable bonds is 8. The monoisotopic (exact) mass is 389 g/mol. The van der Waals surface area contributed by atoms with Crippen LogP contribution in [0.15, 0.2) is 23.9 Å². The number of methoxy groups -OCH3 is 3. The molecule has 1 aromatic rings. The SMILES string of the molecule is CCCCN(C(=O)c1cc(OC)c(OC)c(OC)c1)C1=C[C@H]2CC[C@H](C1)[NH+]2C. The second-order valence-electron chi connectivity index (χ2n) is 7.71. The van der Waals surface area contributed by atoms with Crippen molar-refractivity contribution in [1.82, 2.24) is 4.90 Å². The third-order valence-corrected chi connectivity index (χ3v) is 6.14. The summed E-state index contributed by atoms with van der Waals surface area (Å²) in [6.07, 6.45) is 7.75. The molecule has 2 bridgehead atoms. The van der Waals surface area contributed by atoms with Crippen molar-refractivity contribution in [3.8, 4) is 17.2 Å².